The average Bonchev–Trinajstić information content (AvgIpc) is 3.09. The molecule has 7 heteroatoms. The number of rotatable bonds is 4. The number of amidine groups is 1. The minimum Gasteiger partial charge on any atom is -0.383 e. The van der Waals surface area contributed by atoms with E-state index in [9.17, 15) is 4.39 Å². The van der Waals surface area contributed by atoms with Crippen LogP contribution in [-0.4, -0.2) is 15.4 Å². The molecule has 0 spiro atoms. The molecular formula is C21H18ClFN5+. The first-order valence-corrected chi connectivity index (χ1v) is 9.06. The maximum atomic E-state index is 14.9. The van der Waals surface area contributed by atoms with E-state index in [0.717, 1.165) is 11.0 Å². The first-order chi connectivity index (χ1) is 13.5. The van der Waals surface area contributed by atoms with Gasteiger partial charge < -0.3 is 10.3 Å². The Morgan fingerprint density at radius 3 is 2.79 bits per heavy atom. The van der Waals surface area contributed by atoms with E-state index < -0.39 is 5.82 Å². The van der Waals surface area contributed by atoms with Crippen LogP contribution in [-0.2, 0) is 13.6 Å². The molecule has 0 atom stereocenters. The lowest BCUT2D eigenvalue weighted by atomic mass is 10.1. The van der Waals surface area contributed by atoms with Crippen molar-refractivity contribution in [3.63, 3.8) is 0 Å². The minimum absolute atomic E-state index is 0.192. The maximum absolute atomic E-state index is 14.9. The highest BCUT2D eigenvalue weighted by atomic mass is 35.5. The number of nitrogens with zero attached hydrogens (tertiary/aromatic N) is 4. The van der Waals surface area contributed by atoms with E-state index in [1.165, 1.54) is 6.07 Å². The Bertz CT molecular complexity index is 1160. The van der Waals surface area contributed by atoms with Crippen molar-refractivity contribution in [2.75, 3.05) is 0 Å². The zero-order valence-electron chi connectivity index (χ0n) is 15.2. The van der Waals surface area contributed by atoms with Crippen LogP contribution >= 0.6 is 11.6 Å². The van der Waals surface area contributed by atoms with E-state index in [2.05, 4.69) is 9.98 Å². The molecule has 0 unspecified atom stereocenters. The highest BCUT2D eigenvalue weighted by Crippen LogP contribution is 2.25. The van der Waals surface area contributed by atoms with Gasteiger partial charge >= 0.3 is 0 Å². The highest BCUT2D eigenvalue weighted by Gasteiger charge is 2.15. The third kappa shape index (κ3) is 3.46. The predicted molar refractivity (Wildman–Crippen MR) is 108 cm³/mol. The second kappa shape index (κ2) is 7.40. The van der Waals surface area contributed by atoms with E-state index in [1.807, 2.05) is 46.8 Å². The summed E-state index contributed by atoms with van der Waals surface area (Å²) in [5.41, 5.74) is 9.58. The topological polar surface area (TPSA) is 60.1 Å². The monoisotopic (exact) mass is 394 g/mol. The molecular weight excluding hydrogens is 377 g/mol. The van der Waals surface area contributed by atoms with E-state index >= 15 is 0 Å². The summed E-state index contributed by atoms with van der Waals surface area (Å²) < 4.78 is 18.8. The van der Waals surface area contributed by atoms with Crippen molar-refractivity contribution < 1.29 is 8.96 Å². The number of pyridine rings is 2. The van der Waals surface area contributed by atoms with Gasteiger partial charge in [0.05, 0.1) is 12.2 Å². The van der Waals surface area contributed by atoms with Gasteiger partial charge in [-0.25, -0.2) is 9.38 Å². The molecule has 0 amide bonds. The number of aliphatic imine (C=N–C) groups is 1. The largest absolute Gasteiger partial charge is 0.383 e. The first kappa shape index (κ1) is 18.1. The van der Waals surface area contributed by atoms with Gasteiger partial charge in [-0.15, -0.1) is 0 Å². The minimum atomic E-state index is -0.419. The lowest BCUT2D eigenvalue weighted by Crippen LogP contribution is -2.27. The molecule has 3 heterocycles. The van der Waals surface area contributed by atoms with E-state index in [-0.39, 0.29) is 5.84 Å². The number of aryl methyl sites for hydroxylation is 1. The zero-order chi connectivity index (χ0) is 19.7. The van der Waals surface area contributed by atoms with Gasteiger partial charge in [0.2, 0.25) is 5.52 Å². The van der Waals surface area contributed by atoms with Crippen LogP contribution in [0, 0.1) is 5.82 Å². The van der Waals surface area contributed by atoms with Crippen molar-refractivity contribution in [2.24, 2.45) is 17.8 Å². The molecule has 0 radical (unpaired) electrons. The smallest absolute Gasteiger partial charge is 0.230 e. The summed E-state index contributed by atoms with van der Waals surface area (Å²) in [5.74, 6) is -0.227. The standard InChI is InChI=1S/C21H18ClFN5/c1-27-9-2-3-20-19(27)6-10-28(20)13-16-17(22)11-14(12-18(16)23)21(24)26-15-4-7-25-8-5-15/h2-12H,13H2,1H3,(H2,24,25,26)/q+1. The maximum Gasteiger partial charge on any atom is 0.230 e. The fourth-order valence-corrected chi connectivity index (χ4v) is 3.40. The van der Waals surface area contributed by atoms with Crippen LogP contribution in [0.2, 0.25) is 5.02 Å². The van der Waals surface area contributed by atoms with Crippen molar-refractivity contribution >= 4 is 34.2 Å². The number of nitrogens with two attached hydrogens (primary N) is 1. The molecule has 0 saturated carbocycles. The number of hydrogen-bond acceptors (Lipinski definition) is 2. The summed E-state index contributed by atoms with van der Waals surface area (Å²) in [4.78, 5) is 8.22. The Balaban J connectivity index is 1.68. The van der Waals surface area contributed by atoms with E-state index in [4.69, 9.17) is 17.3 Å². The SMILES string of the molecule is C[n+]1cccc2c1ccn2Cc1c(F)cc(C(N)=Nc2ccncc2)cc1Cl. The van der Waals surface area contributed by atoms with Crippen LogP contribution < -0.4 is 10.3 Å². The lowest BCUT2D eigenvalue weighted by Gasteiger charge is -2.11. The molecule has 0 aliphatic heterocycles. The molecule has 4 aromatic rings. The average molecular weight is 395 g/mol. The van der Waals surface area contributed by atoms with Gasteiger partial charge in [0, 0.05) is 46.9 Å². The lowest BCUT2D eigenvalue weighted by molar-refractivity contribution is -0.644. The number of halogens is 2. The van der Waals surface area contributed by atoms with Crippen LogP contribution in [0.1, 0.15) is 11.1 Å². The number of benzene rings is 1. The summed E-state index contributed by atoms with van der Waals surface area (Å²) in [6.45, 7) is 0.319. The molecule has 4 rings (SSSR count). The van der Waals surface area contributed by atoms with Crippen LogP contribution in [0.15, 0.2) is 72.2 Å². The van der Waals surface area contributed by atoms with Gasteiger partial charge in [0.25, 0.3) is 0 Å². The number of hydrogen-bond donors (Lipinski definition) is 1. The fraction of sp³-hybridized carbons (Fsp3) is 0.0952. The molecule has 5 nitrogen and oxygen atoms in total. The van der Waals surface area contributed by atoms with Crippen molar-refractivity contribution in [1.82, 2.24) is 9.55 Å². The summed E-state index contributed by atoms with van der Waals surface area (Å²) >= 11 is 6.40. The van der Waals surface area contributed by atoms with Crippen molar-refractivity contribution in [1.29, 1.82) is 0 Å². The number of fused-ring (bicyclic) bond motifs is 1. The molecule has 0 aliphatic rings. The molecule has 1 aromatic carbocycles. The van der Waals surface area contributed by atoms with Gasteiger partial charge in [-0.2, -0.15) is 4.57 Å². The van der Waals surface area contributed by atoms with Crippen LogP contribution in [0.5, 0.6) is 0 Å². The molecule has 0 fully saturated rings. The predicted octanol–water partition coefficient (Wildman–Crippen LogP) is 3.74. The van der Waals surface area contributed by atoms with Crippen molar-refractivity contribution in [3.8, 4) is 0 Å². The number of aromatic nitrogens is 3. The molecule has 0 saturated heterocycles. The molecule has 3 aromatic heterocycles. The van der Waals surface area contributed by atoms with Crippen molar-refractivity contribution in [2.45, 2.75) is 6.54 Å². The summed E-state index contributed by atoms with van der Waals surface area (Å²) in [6.07, 6.45) is 7.13. The van der Waals surface area contributed by atoms with Crippen LogP contribution in [0.4, 0.5) is 10.1 Å². The van der Waals surface area contributed by atoms with Gasteiger partial charge in [-0.3, -0.25) is 4.98 Å². The molecule has 140 valence electrons. The van der Waals surface area contributed by atoms with Gasteiger partial charge in [-0.05, 0) is 30.3 Å². The zero-order valence-corrected chi connectivity index (χ0v) is 15.9. The molecule has 0 aliphatic carbocycles. The van der Waals surface area contributed by atoms with Crippen molar-refractivity contribution in [3.05, 3.63) is 89.2 Å². The molecule has 28 heavy (non-hydrogen) atoms. The summed E-state index contributed by atoms with van der Waals surface area (Å²) in [7, 11) is 1.97. The Morgan fingerprint density at radius 1 is 1.25 bits per heavy atom. The first-order valence-electron chi connectivity index (χ1n) is 8.69. The van der Waals surface area contributed by atoms with E-state index in [0.29, 0.717) is 28.4 Å². The third-order valence-electron chi connectivity index (χ3n) is 4.61. The van der Waals surface area contributed by atoms with Gasteiger partial charge in [0.15, 0.2) is 6.20 Å². The molecule has 0 bridgehead atoms. The Hall–Kier alpha value is -3.25. The van der Waals surface area contributed by atoms with Gasteiger partial charge in [-0.1, -0.05) is 11.6 Å². The Morgan fingerprint density at radius 2 is 2.04 bits per heavy atom. The third-order valence-corrected chi connectivity index (χ3v) is 4.94. The second-order valence-electron chi connectivity index (χ2n) is 6.45. The quantitative estimate of drug-likeness (QED) is 0.325. The van der Waals surface area contributed by atoms with Crippen LogP contribution in [0.25, 0.3) is 11.0 Å². The Kier molecular flexibility index (Phi) is 4.79. The highest BCUT2D eigenvalue weighted by molar-refractivity contribution is 6.31. The summed E-state index contributed by atoms with van der Waals surface area (Å²) in [5, 5.41) is 0.310. The Labute approximate surface area is 166 Å². The normalized spacial score (nSPS) is 11.9. The van der Waals surface area contributed by atoms with E-state index in [1.54, 1.807) is 30.6 Å². The fourth-order valence-electron chi connectivity index (χ4n) is 3.13. The summed E-state index contributed by atoms with van der Waals surface area (Å²) in [6, 6.07) is 12.4. The van der Waals surface area contributed by atoms with Gasteiger partial charge in [0.1, 0.15) is 24.2 Å². The second-order valence-corrected chi connectivity index (χ2v) is 6.86. The van der Waals surface area contributed by atoms with Crippen LogP contribution in [0.3, 0.4) is 0 Å². The molecule has 2 N–H and O–H groups in total.